The summed E-state index contributed by atoms with van der Waals surface area (Å²) in [6.45, 7) is 4.02. The van der Waals surface area contributed by atoms with Crippen LogP contribution in [-0.4, -0.2) is 10.8 Å². The largest absolute Gasteiger partial charge is 0.384 e. The molecule has 5 heteroatoms. The Morgan fingerprint density at radius 3 is 2.68 bits per heavy atom. The molecule has 0 bridgehead atoms. The predicted octanol–water partition coefficient (Wildman–Crippen LogP) is 3.90. The van der Waals surface area contributed by atoms with Crippen LogP contribution in [0, 0.1) is 19.3 Å². The van der Waals surface area contributed by atoms with Crippen molar-refractivity contribution in [2.75, 3.05) is 0 Å². The van der Waals surface area contributed by atoms with E-state index in [1.807, 2.05) is 44.2 Å². The van der Waals surface area contributed by atoms with Crippen molar-refractivity contribution in [1.29, 1.82) is 5.41 Å². The maximum atomic E-state index is 7.68. The number of rotatable bonds is 3. The van der Waals surface area contributed by atoms with Gasteiger partial charge in [-0.15, -0.1) is 0 Å². The smallest absolute Gasteiger partial charge is 0.125 e. The van der Waals surface area contributed by atoms with Gasteiger partial charge in [0.1, 0.15) is 10.9 Å². The minimum Gasteiger partial charge on any atom is -0.384 e. The van der Waals surface area contributed by atoms with Crippen molar-refractivity contribution >= 4 is 33.5 Å². The molecule has 0 unspecified atom stereocenters. The fourth-order valence-electron chi connectivity index (χ4n) is 1.82. The molecule has 19 heavy (non-hydrogen) atoms. The van der Waals surface area contributed by atoms with E-state index in [0.717, 1.165) is 20.1 Å². The van der Waals surface area contributed by atoms with Gasteiger partial charge >= 0.3 is 0 Å². The number of nitrogens with two attached hydrogens (primary N) is 1. The molecule has 1 aromatic carbocycles. The van der Waals surface area contributed by atoms with E-state index in [9.17, 15) is 0 Å². The van der Waals surface area contributed by atoms with Gasteiger partial charge in [-0.3, -0.25) is 5.41 Å². The molecule has 98 valence electrons. The summed E-state index contributed by atoms with van der Waals surface area (Å²) in [5.74, 6) is 0.0550. The first-order valence-corrected chi connectivity index (χ1v) is 7.34. The zero-order valence-electron chi connectivity index (χ0n) is 10.7. The van der Waals surface area contributed by atoms with Gasteiger partial charge < -0.3 is 5.73 Å². The number of benzene rings is 1. The Kier molecular flexibility index (Phi) is 4.27. The first-order valence-electron chi connectivity index (χ1n) is 5.73. The molecule has 0 aliphatic rings. The maximum absolute atomic E-state index is 7.68. The number of aryl methyl sites for hydroxylation is 2. The zero-order valence-corrected chi connectivity index (χ0v) is 13.1. The lowest BCUT2D eigenvalue weighted by Gasteiger charge is -2.10. The molecule has 3 N–H and O–H groups in total. The van der Waals surface area contributed by atoms with Crippen LogP contribution in [0.5, 0.6) is 0 Å². The highest BCUT2D eigenvalue weighted by atomic mass is 79.9. The maximum Gasteiger partial charge on any atom is 0.125 e. The van der Waals surface area contributed by atoms with E-state index in [-0.39, 0.29) is 5.84 Å². The number of hydrogen-bond acceptors (Lipinski definition) is 3. The summed E-state index contributed by atoms with van der Waals surface area (Å²) in [6, 6.07) is 9.84. The SMILES string of the molecule is Cc1cc(C)nc(Sc2cccc(Br)c2C(=N)N)c1. The number of aromatic nitrogens is 1. The highest BCUT2D eigenvalue weighted by Crippen LogP contribution is 2.33. The van der Waals surface area contributed by atoms with Crippen molar-refractivity contribution in [3.05, 3.63) is 51.6 Å². The number of pyridine rings is 1. The summed E-state index contributed by atoms with van der Waals surface area (Å²) in [4.78, 5) is 5.43. The number of hydrogen-bond donors (Lipinski definition) is 2. The lowest BCUT2D eigenvalue weighted by Crippen LogP contribution is -2.13. The second-order valence-electron chi connectivity index (χ2n) is 4.25. The van der Waals surface area contributed by atoms with Crippen molar-refractivity contribution in [1.82, 2.24) is 4.98 Å². The molecule has 0 fully saturated rings. The van der Waals surface area contributed by atoms with E-state index < -0.39 is 0 Å². The van der Waals surface area contributed by atoms with Crippen LogP contribution in [0.25, 0.3) is 0 Å². The normalized spacial score (nSPS) is 10.5. The van der Waals surface area contributed by atoms with Crippen LogP contribution in [-0.2, 0) is 0 Å². The van der Waals surface area contributed by atoms with Gasteiger partial charge in [0, 0.05) is 20.6 Å². The van der Waals surface area contributed by atoms with E-state index in [0.29, 0.717) is 5.56 Å². The minimum absolute atomic E-state index is 0.0550. The Morgan fingerprint density at radius 2 is 2.05 bits per heavy atom. The molecule has 0 spiro atoms. The van der Waals surface area contributed by atoms with E-state index in [2.05, 4.69) is 20.9 Å². The minimum atomic E-state index is 0.0550. The molecule has 3 nitrogen and oxygen atoms in total. The van der Waals surface area contributed by atoms with Crippen LogP contribution in [0.3, 0.4) is 0 Å². The molecule has 1 aromatic heterocycles. The lowest BCUT2D eigenvalue weighted by molar-refractivity contribution is 1.05. The monoisotopic (exact) mass is 335 g/mol. The molecule has 0 saturated heterocycles. The van der Waals surface area contributed by atoms with Crippen molar-refractivity contribution in [2.45, 2.75) is 23.8 Å². The zero-order chi connectivity index (χ0) is 14.0. The van der Waals surface area contributed by atoms with Crippen LogP contribution in [0.2, 0.25) is 0 Å². The summed E-state index contributed by atoms with van der Waals surface area (Å²) in [5.41, 5.74) is 8.53. The highest BCUT2D eigenvalue weighted by molar-refractivity contribution is 9.10. The first-order chi connectivity index (χ1) is 8.97. The van der Waals surface area contributed by atoms with Crippen LogP contribution in [0.4, 0.5) is 0 Å². The molecule has 0 aliphatic heterocycles. The van der Waals surface area contributed by atoms with E-state index in [1.165, 1.54) is 17.3 Å². The number of nitrogen functional groups attached to an aromatic ring is 1. The third kappa shape index (κ3) is 3.36. The summed E-state index contributed by atoms with van der Waals surface area (Å²) >= 11 is 4.96. The van der Waals surface area contributed by atoms with E-state index in [1.54, 1.807) is 0 Å². The summed E-state index contributed by atoms with van der Waals surface area (Å²) in [5, 5.41) is 8.60. The lowest BCUT2D eigenvalue weighted by atomic mass is 10.2. The van der Waals surface area contributed by atoms with Crippen LogP contribution < -0.4 is 5.73 Å². The number of nitrogens with zero attached hydrogens (tertiary/aromatic N) is 1. The number of halogens is 1. The average Bonchev–Trinajstić information content (AvgIpc) is 2.26. The molecule has 0 atom stereocenters. The Labute approximate surface area is 125 Å². The van der Waals surface area contributed by atoms with Gasteiger partial charge in [-0.25, -0.2) is 4.98 Å². The van der Waals surface area contributed by atoms with Crippen LogP contribution >= 0.6 is 27.7 Å². The van der Waals surface area contributed by atoms with Gasteiger partial charge in [0.25, 0.3) is 0 Å². The van der Waals surface area contributed by atoms with Crippen LogP contribution in [0.15, 0.2) is 44.7 Å². The molecule has 2 rings (SSSR count). The van der Waals surface area contributed by atoms with Crippen molar-refractivity contribution < 1.29 is 0 Å². The van der Waals surface area contributed by atoms with Crippen LogP contribution in [0.1, 0.15) is 16.8 Å². The van der Waals surface area contributed by atoms with E-state index in [4.69, 9.17) is 11.1 Å². The number of nitrogens with one attached hydrogen (secondary N) is 1. The molecule has 0 saturated carbocycles. The summed E-state index contributed by atoms with van der Waals surface area (Å²) in [7, 11) is 0. The van der Waals surface area contributed by atoms with Crippen molar-refractivity contribution in [2.24, 2.45) is 5.73 Å². The Bertz CT molecular complexity index is 620. The van der Waals surface area contributed by atoms with Gasteiger partial charge in [-0.1, -0.05) is 17.8 Å². The second kappa shape index (κ2) is 5.75. The van der Waals surface area contributed by atoms with Crippen molar-refractivity contribution in [3.8, 4) is 0 Å². The fourth-order valence-corrected chi connectivity index (χ4v) is 3.66. The topological polar surface area (TPSA) is 62.8 Å². The second-order valence-corrected chi connectivity index (χ2v) is 6.17. The summed E-state index contributed by atoms with van der Waals surface area (Å²) in [6.07, 6.45) is 0. The predicted molar refractivity (Wildman–Crippen MR) is 83.0 cm³/mol. The molecule has 1 heterocycles. The van der Waals surface area contributed by atoms with Gasteiger partial charge in [-0.05, 0) is 59.6 Å². The molecular weight excluding hydrogens is 322 g/mol. The third-order valence-corrected chi connectivity index (χ3v) is 4.17. The van der Waals surface area contributed by atoms with E-state index >= 15 is 0 Å². The number of amidine groups is 1. The standard InChI is InChI=1S/C14H14BrN3S/c1-8-6-9(2)18-12(7-8)19-11-5-3-4-10(15)13(11)14(16)17/h3-7H,1-2H3,(H3,16,17). The Hall–Kier alpha value is -1.33. The molecule has 0 amide bonds. The average molecular weight is 336 g/mol. The Morgan fingerprint density at radius 1 is 1.32 bits per heavy atom. The third-order valence-electron chi connectivity index (χ3n) is 2.53. The highest BCUT2D eigenvalue weighted by Gasteiger charge is 2.11. The molecule has 2 aromatic rings. The Balaban J connectivity index is 2.43. The molecular formula is C14H14BrN3S. The first kappa shape index (κ1) is 14.1. The quantitative estimate of drug-likeness (QED) is 0.660. The molecule has 0 radical (unpaired) electrons. The van der Waals surface area contributed by atoms with Gasteiger partial charge in [0.15, 0.2) is 0 Å². The van der Waals surface area contributed by atoms with Crippen molar-refractivity contribution in [3.63, 3.8) is 0 Å². The van der Waals surface area contributed by atoms with Gasteiger partial charge in [0.2, 0.25) is 0 Å². The van der Waals surface area contributed by atoms with Gasteiger partial charge in [-0.2, -0.15) is 0 Å². The summed E-state index contributed by atoms with van der Waals surface area (Å²) < 4.78 is 0.828. The fraction of sp³-hybridized carbons (Fsp3) is 0.143. The molecule has 0 aliphatic carbocycles. The van der Waals surface area contributed by atoms with Gasteiger partial charge in [0.05, 0.1) is 0 Å².